The van der Waals surface area contributed by atoms with Crippen LogP contribution in [0.15, 0.2) is 42.5 Å². The standard InChI is InChI=1S/C18H23NO4S/c1-14-6-4-5-7-16(14)13-24(20,21)19-11-10-15-8-9-17(22-2)12-18(15)23-3/h4-9,12,19H,10-11,13H2,1-3H3. The van der Waals surface area contributed by atoms with Crippen LogP contribution >= 0.6 is 0 Å². The summed E-state index contributed by atoms with van der Waals surface area (Å²) in [6, 6.07) is 13.0. The monoisotopic (exact) mass is 349 g/mol. The Morgan fingerprint density at radius 3 is 2.42 bits per heavy atom. The number of nitrogens with one attached hydrogen (secondary N) is 1. The van der Waals surface area contributed by atoms with Crippen molar-refractivity contribution in [1.82, 2.24) is 4.72 Å². The maximum atomic E-state index is 12.2. The summed E-state index contributed by atoms with van der Waals surface area (Å²) in [7, 11) is -0.200. The summed E-state index contributed by atoms with van der Waals surface area (Å²) in [5.74, 6) is 1.38. The van der Waals surface area contributed by atoms with Gasteiger partial charge in [0.15, 0.2) is 0 Å². The van der Waals surface area contributed by atoms with Gasteiger partial charge in [0, 0.05) is 12.6 Å². The van der Waals surface area contributed by atoms with Crippen LogP contribution in [0.1, 0.15) is 16.7 Å². The topological polar surface area (TPSA) is 64.6 Å². The van der Waals surface area contributed by atoms with Crippen molar-refractivity contribution in [3.05, 3.63) is 59.2 Å². The van der Waals surface area contributed by atoms with Crippen LogP contribution in [-0.2, 0) is 22.2 Å². The first-order valence-electron chi connectivity index (χ1n) is 7.68. The molecule has 5 nitrogen and oxygen atoms in total. The van der Waals surface area contributed by atoms with Gasteiger partial charge in [0.05, 0.1) is 20.0 Å². The second-order valence-corrected chi connectivity index (χ2v) is 7.31. The molecule has 24 heavy (non-hydrogen) atoms. The van der Waals surface area contributed by atoms with Crippen molar-refractivity contribution in [3.63, 3.8) is 0 Å². The van der Waals surface area contributed by atoms with Gasteiger partial charge >= 0.3 is 0 Å². The largest absolute Gasteiger partial charge is 0.497 e. The van der Waals surface area contributed by atoms with Gasteiger partial charge in [-0.25, -0.2) is 13.1 Å². The molecule has 0 amide bonds. The normalized spacial score (nSPS) is 11.3. The molecule has 0 aliphatic rings. The number of benzene rings is 2. The second kappa shape index (κ2) is 8.17. The van der Waals surface area contributed by atoms with E-state index in [1.165, 1.54) is 0 Å². The number of sulfonamides is 1. The fourth-order valence-corrected chi connectivity index (χ4v) is 3.68. The van der Waals surface area contributed by atoms with Crippen LogP contribution in [0.5, 0.6) is 11.5 Å². The fourth-order valence-electron chi connectivity index (χ4n) is 2.43. The molecule has 0 saturated carbocycles. The smallest absolute Gasteiger partial charge is 0.215 e. The highest BCUT2D eigenvalue weighted by Gasteiger charge is 2.13. The molecule has 0 unspecified atom stereocenters. The van der Waals surface area contributed by atoms with Gasteiger partial charge in [0.2, 0.25) is 10.0 Å². The molecule has 0 spiro atoms. The zero-order valence-corrected chi connectivity index (χ0v) is 15.0. The lowest BCUT2D eigenvalue weighted by atomic mass is 10.1. The highest BCUT2D eigenvalue weighted by molar-refractivity contribution is 7.88. The summed E-state index contributed by atoms with van der Waals surface area (Å²) in [5, 5.41) is 0. The van der Waals surface area contributed by atoms with Crippen molar-refractivity contribution in [2.24, 2.45) is 0 Å². The summed E-state index contributed by atoms with van der Waals surface area (Å²) in [6.07, 6.45) is 0.542. The molecule has 0 aliphatic carbocycles. The van der Waals surface area contributed by atoms with Gasteiger partial charge in [0.25, 0.3) is 0 Å². The third-order valence-electron chi connectivity index (χ3n) is 3.82. The molecule has 0 radical (unpaired) electrons. The predicted octanol–water partition coefficient (Wildman–Crippen LogP) is 2.67. The minimum Gasteiger partial charge on any atom is -0.497 e. The number of aryl methyl sites for hydroxylation is 1. The Hall–Kier alpha value is -2.05. The number of methoxy groups -OCH3 is 2. The summed E-state index contributed by atoms with van der Waals surface area (Å²) in [5.41, 5.74) is 2.71. The summed E-state index contributed by atoms with van der Waals surface area (Å²) in [6.45, 7) is 2.23. The average molecular weight is 349 g/mol. The van der Waals surface area contributed by atoms with E-state index >= 15 is 0 Å². The molecule has 6 heteroatoms. The molecular formula is C18H23NO4S. The Balaban J connectivity index is 1.97. The molecule has 130 valence electrons. The van der Waals surface area contributed by atoms with Crippen LogP contribution in [-0.4, -0.2) is 29.2 Å². The third-order valence-corrected chi connectivity index (χ3v) is 5.15. The Kier molecular flexibility index (Phi) is 6.23. The van der Waals surface area contributed by atoms with E-state index < -0.39 is 10.0 Å². The van der Waals surface area contributed by atoms with E-state index in [1.807, 2.05) is 43.3 Å². The minimum atomic E-state index is -3.38. The van der Waals surface area contributed by atoms with E-state index in [9.17, 15) is 8.42 Å². The van der Waals surface area contributed by atoms with Crippen LogP contribution < -0.4 is 14.2 Å². The van der Waals surface area contributed by atoms with Crippen LogP contribution in [0.2, 0.25) is 0 Å². The lowest BCUT2D eigenvalue weighted by Gasteiger charge is -2.12. The van der Waals surface area contributed by atoms with Gasteiger partial charge in [-0.15, -0.1) is 0 Å². The molecule has 0 heterocycles. The van der Waals surface area contributed by atoms with Gasteiger partial charge in [-0.05, 0) is 36.1 Å². The van der Waals surface area contributed by atoms with E-state index in [0.29, 0.717) is 24.5 Å². The SMILES string of the molecule is COc1ccc(CCNS(=O)(=O)Cc2ccccc2C)c(OC)c1. The fraction of sp³-hybridized carbons (Fsp3) is 0.333. The van der Waals surface area contributed by atoms with Crippen LogP contribution in [0.4, 0.5) is 0 Å². The number of rotatable bonds is 8. The lowest BCUT2D eigenvalue weighted by Crippen LogP contribution is -2.27. The third kappa shape index (κ3) is 4.97. The van der Waals surface area contributed by atoms with Crippen molar-refractivity contribution in [3.8, 4) is 11.5 Å². The molecule has 0 aromatic heterocycles. The Labute approximate surface area is 143 Å². The molecule has 2 aromatic carbocycles. The Morgan fingerprint density at radius 1 is 1.00 bits per heavy atom. The van der Waals surface area contributed by atoms with Gasteiger partial charge in [-0.2, -0.15) is 0 Å². The molecule has 0 fully saturated rings. The molecule has 0 atom stereocenters. The quantitative estimate of drug-likeness (QED) is 0.796. The van der Waals surface area contributed by atoms with Crippen molar-refractivity contribution in [1.29, 1.82) is 0 Å². The Morgan fingerprint density at radius 2 is 1.75 bits per heavy atom. The van der Waals surface area contributed by atoms with E-state index in [2.05, 4.69) is 4.72 Å². The Bertz CT molecular complexity index is 787. The summed E-state index contributed by atoms with van der Waals surface area (Å²) >= 11 is 0. The molecule has 1 N–H and O–H groups in total. The van der Waals surface area contributed by atoms with E-state index in [0.717, 1.165) is 16.7 Å². The summed E-state index contributed by atoms with van der Waals surface area (Å²) < 4.78 is 37.6. The highest BCUT2D eigenvalue weighted by Crippen LogP contribution is 2.24. The predicted molar refractivity (Wildman–Crippen MR) is 95.1 cm³/mol. The van der Waals surface area contributed by atoms with Crippen LogP contribution in [0, 0.1) is 6.92 Å². The summed E-state index contributed by atoms with van der Waals surface area (Å²) in [4.78, 5) is 0. The first-order chi connectivity index (χ1) is 11.4. The van der Waals surface area contributed by atoms with Gasteiger partial charge in [0.1, 0.15) is 11.5 Å². The van der Waals surface area contributed by atoms with Gasteiger partial charge < -0.3 is 9.47 Å². The van der Waals surface area contributed by atoms with Crippen molar-refractivity contribution in [2.75, 3.05) is 20.8 Å². The number of hydrogen-bond donors (Lipinski definition) is 1. The number of hydrogen-bond acceptors (Lipinski definition) is 4. The molecular weight excluding hydrogens is 326 g/mol. The average Bonchev–Trinajstić information content (AvgIpc) is 2.57. The van der Waals surface area contributed by atoms with Crippen molar-refractivity contribution < 1.29 is 17.9 Å². The van der Waals surface area contributed by atoms with Gasteiger partial charge in [-0.3, -0.25) is 0 Å². The molecule has 2 aromatic rings. The van der Waals surface area contributed by atoms with Crippen molar-refractivity contribution >= 4 is 10.0 Å². The molecule has 0 bridgehead atoms. The van der Waals surface area contributed by atoms with Crippen molar-refractivity contribution in [2.45, 2.75) is 19.1 Å². The second-order valence-electron chi connectivity index (χ2n) is 5.51. The maximum absolute atomic E-state index is 12.2. The van der Waals surface area contributed by atoms with Gasteiger partial charge in [-0.1, -0.05) is 30.3 Å². The number of ether oxygens (including phenoxy) is 2. The van der Waals surface area contributed by atoms with Crippen LogP contribution in [0.25, 0.3) is 0 Å². The molecule has 0 saturated heterocycles. The van der Waals surface area contributed by atoms with E-state index in [4.69, 9.17) is 9.47 Å². The zero-order chi connectivity index (χ0) is 17.6. The van der Waals surface area contributed by atoms with E-state index in [-0.39, 0.29) is 5.75 Å². The first kappa shape index (κ1) is 18.3. The first-order valence-corrected chi connectivity index (χ1v) is 9.33. The molecule has 0 aliphatic heterocycles. The molecule has 2 rings (SSSR count). The highest BCUT2D eigenvalue weighted by atomic mass is 32.2. The minimum absolute atomic E-state index is 0.0145. The zero-order valence-electron chi connectivity index (χ0n) is 14.2. The maximum Gasteiger partial charge on any atom is 0.215 e. The van der Waals surface area contributed by atoms with Crippen LogP contribution in [0.3, 0.4) is 0 Å². The van der Waals surface area contributed by atoms with E-state index in [1.54, 1.807) is 20.3 Å². The lowest BCUT2D eigenvalue weighted by molar-refractivity contribution is 0.391.